The molecule has 2 fully saturated rings. The van der Waals surface area contributed by atoms with Gasteiger partial charge in [0, 0.05) is 12.3 Å². The lowest BCUT2D eigenvalue weighted by Gasteiger charge is -2.47. The summed E-state index contributed by atoms with van der Waals surface area (Å²) in [7, 11) is 0. The molecule has 0 aromatic carbocycles. The van der Waals surface area contributed by atoms with Gasteiger partial charge in [-0.3, -0.25) is 9.59 Å². The minimum Gasteiger partial charge on any atom is -0.300 e. The van der Waals surface area contributed by atoms with Crippen molar-refractivity contribution >= 4 is 11.6 Å². The summed E-state index contributed by atoms with van der Waals surface area (Å²) in [5, 5.41) is 0. The van der Waals surface area contributed by atoms with Crippen LogP contribution < -0.4 is 0 Å². The molecule has 0 bridgehead atoms. The first-order valence-electron chi connectivity index (χ1n) is 8.59. The van der Waals surface area contributed by atoms with Crippen molar-refractivity contribution in [2.45, 2.75) is 51.9 Å². The fourth-order valence-corrected chi connectivity index (χ4v) is 5.68. The van der Waals surface area contributed by atoms with E-state index >= 15 is 0 Å². The molecule has 0 saturated heterocycles. The molecule has 0 aromatic heterocycles. The standard InChI is InChI=1S/C19H24O2/c1-11(20)14-6-7-19-16(14)8-9-17-15-5-3-13(21)10-12(15)2-4-18(17)19/h7,10,14-18H,2-6,8-9H2,1H3. The zero-order chi connectivity index (χ0) is 14.6. The van der Waals surface area contributed by atoms with Crippen molar-refractivity contribution in [2.24, 2.45) is 29.6 Å². The number of ketones is 2. The van der Waals surface area contributed by atoms with Crippen LogP contribution in [0.3, 0.4) is 0 Å². The van der Waals surface area contributed by atoms with Gasteiger partial charge >= 0.3 is 0 Å². The summed E-state index contributed by atoms with van der Waals surface area (Å²) >= 11 is 0. The van der Waals surface area contributed by atoms with Crippen LogP contribution in [0.15, 0.2) is 23.3 Å². The van der Waals surface area contributed by atoms with E-state index in [1.165, 1.54) is 24.8 Å². The first-order chi connectivity index (χ1) is 10.1. The molecule has 4 aliphatic carbocycles. The van der Waals surface area contributed by atoms with E-state index in [0.29, 0.717) is 29.3 Å². The maximum atomic E-state index is 11.8. The molecule has 112 valence electrons. The number of hydrogen-bond acceptors (Lipinski definition) is 2. The Kier molecular flexibility index (Phi) is 3.16. The van der Waals surface area contributed by atoms with Crippen LogP contribution >= 0.6 is 0 Å². The van der Waals surface area contributed by atoms with Crippen LogP contribution in [0.1, 0.15) is 51.9 Å². The van der Waals surface area contributed by atoms with Crippen LogP contribution in [0.4, 0.5) is 0 Å². The molecule has 0 heterocycles. The summed E-state index contributed by atoms with van der Waals surface area (Å²) in [5.41, 5.74) is 3.05. The van der Waals surface area contributed by atoms with Gasteiger partial charge in [-0.15, -0.1) is 0 Å². The van der Waals surface area contributed by atoms with Crippen molar-refractivity contribution in [3.8, 4) is 0 Å². The second kappa shape index (κ2) is 4.93. The number of rotatable bonds is 1. The van der Waals surface area contributed by atoms with E-state index in [4.69, 9.17) is 0 Å². The Labute approximate surface area is 126 Å². The SMILES string of the molecule is CC(=O)C1CC=C2C1CCC1C3CCC(=O)C=C3CCC21. The number of Topliss-reactive ketones (excluding diaryl/α,β-unsaturated/α-hetero) is 1. The third-order valence-electron chi connectivity index (χ3n) is 6.58. The molecule has 5 unspecified atom stereocenters. The number of carbonyl (C=O) groups excluding carboxylic acids is 2. The second-order valence-corrected chi connectivity index (χ2v) is 7.48. The number of fused-ring (bicyclic) bond motifs is 5. The monoisotopic (exact) mass is 284 g/mol. The lowest BCUT2D eigenvalue weighted by Crippen LogP contribution is -2.39. The smallest absolute Gasteiger partial charge is 0.155 e. The van der Waals surface area contributed by atoms with Gasteiger partial charge in [0.1, 0.15) is 5.78 Å². The molecule has 0 radical (unpaired) electrons. The van der Waals surface area contributed by atoms with Crippen molar-refractivity contribution in [3.05, 3.63) is 23.3 Å². The average Bonchev–Trinajstić information content (AvgIpc) is 2.90. The van der Waals surface area contributed by atoms with E-state index in [-0.39, 0.29) is 5.92 Å². The van der Waals surface area contributed by atoms with Crippen LogP contribution in [0.2, 0.25) is 0 Å². The van der Waals surface area contributed by atoms with Gasteiger partial charge in [-0.2, -0.15) is 0 Å². The predicted octanol–water partition coefficient (Wildman–Crippen LogP) is 3.86. The van der Waals surface area contributed by atoms with Gasteiger partial charge in [-0.05, 0) is 75.2 Å². The Hall–Kier alpha value is -1.18. The fourth-order valence-electron chi connectivity index (χ4n) is 5.68. The quantitative estimate of drug-likeness (QED) is 0.685. The van der Waals surface area contributed by atoms with E-state index in [1.54, 1.807) is 12.5 Å². The van der Waals surface area contributed by atoms with Crippen molar-refractivity contribution in [3.63, 3.8) is 0 Å². The minimum absolute atomic E-state index is 0.269. The van der Waals surface area contributed by atoms with Crippen molar-refractivity contribution in [1.82, 2.24) is 0 Å². The van der Waals surface area contributed by atoms with Crippen LogP contribution in [-0.4, -0.2) is 11.6 Å². The molecular formula is C19H24O2. The normalized spacial score (nSPS) is 41.6. The molecule has 2 saturated carbocycles. The number of hydrogen-bond donors (Lipinski definition) is 0. The molecule has 0 aromatic rings. The molecule has 2 nitrogen and oxygen atoms in total. The van der Waals surface area contributed by atoms with Crippen molar-refractivity contribution in [2.75, 3.05) is 0 Å². The first-order valence-corrected chi connectivity index (χ1v) is 8.59. The molecule has 4 rings (SSSR count). The summed E-state index contributed by atoms with van der Waals surface area (Å²) in [5.74, 6) is 3.62. The van der Waals surface area contributed by atoms with Gasteiger partial charge in [-0.1, -0.05) is 17.2 Å². The molecular weight excluding hydrogens is 260 g/mol. The second-order valence-electron chi connectivity index (χ2n) is 7.48. The van der Waals surface area contributed by atoms with Crippen LogP contribution in [-0.2, 0) is 9.59 Å². The Morgan fingerprint density at radius 3 is 2.67 bits per heavy atom. The lowest BCUT2D eigenvalue weighted by atomic mass is 9.57. The average molecular weight is 284 g/mol. The molecule has 0 N–H and O–H groups in total. The molecule has 0 aliphatic heterocycles. The summed E-state index contributed by atoms with van der Waals surface area (Å²) in [6.07, 6.45) is 11.9. The van der Waals surface area contributed by atoms with Gasteiger partial charge in [0.25, 0.3) is 0 Å². The summed E-state index contributed by atoms with van der Waals surface area (Å²) in [6, 6.07) is 0. The lowest BCUT2D eigenvalue weighted by molar-refractivity contribution is -0.122. The summed E-state index contributed by atoms with van der Waals surface area (Å²) < 4.78 is 0. The van der Waals surface area contributed by atoms with E-state index in [1.807, 2.05) is 6.08 Å². The maximum absolute atomic E-state index is 11.8. The minimum atomic E-state index is 0.269. The van der Waals surface area contributed by atoms with E-state index in [9.17, 15) is 9.59 Å². The zero-order valence-corrected chi connectivity index (χ0v) is 12.8. The summed E-state index contributed by atoms with van der Waals surface area (Å²) in [6.45, 7) is 1.77. The maximum Gasteiger partial charge on any atom is 0.155 e. The third kappa shape index (κ3) is 2.06. The van der Waals surface area contributed by atoms with Crippen molar-refractivity contribution < 1.29 is 9.59 Å². The Balaban J connectivity index is 1.60. The molecule has 21 heavy (non-hydrogen) atoms. The predicted molar refractivity (Wildman–Crippen MR) is 81.6 cm³/mol. The zero-order valence-electron chi connectivity index (χ0n) is 12.8. The molecule has 2 heteroatoms. The Morgan fingerprint density at radius 2 is 1.86 bits per heavy atom. The first kappa shape index (κ1) is 13.5. The highest BCUT2D eigenvalue weighted by atomic mass is 16.1. The van der Waals surface area contributed by atoms with Gasteiger partial charge in [0.15, 0.2) is 5.78 Å². The molecule has 0 spiro atoms. The van der Waals surface area contributed by atoms with E-state index in [2.05, 4.69) is 6.08 Å². The van der Waals surface area contributed by atoms with Gasteiger partial charge in [0.2, 0.25) is 0 Å². The number of carbonyl (C=O) groups is 2. The topological polar surface area (TPSA) is 34.1 Å². The third-order valence-corrected chi connectivity index (χ3v) is 6.58. The highest BCUT2D eigenvalue weighted by molar-refractivity contribution is 5.91. The molecule has 0 amide bonds. The number of allylic oxidation sites excluding steroid dienone is 4. The largest absolute Gasteiger partial charge is 0.300 e. The van der Waals surface area contributed by atoms with Gasteiger partial charge in [-0.25, -0.2) is 0 Å². The highest BCUT2D eigenvalue weighted by Crippen LogP contribution is 2.56. The molecule has 5 atom stereocenters. The Bertz CT molecular complexity index is 554. The Morgan fingerprint density at radius 1 is 1.05 bits per heavy atom. The van der Waals surface area contributed by atoms with Gasteiger partial charge in [0.05, 0.1) is 0 Å². The van der Waals surface area contributed by atoms with Crippen LogP contribution in [0.25, 0.3) is 0 Å². The van der Waals surface area contributed by atoms with Crippen LogP contribution in [0.5, 0.6) is 0 Å². The van der Waals surface area contributed by atoms with E-state index < -0.39 is 0 Å². The van der Waals surface area contributed by atoms with Gasteiger partial charge < -0.3 is 0 Å². The van der Waals surface area contributed by atoms with E-state index in [0.717, 1.165) is 31.6 Å². The fraction of sp³-hybridized carbons (Fsp3) is 0.684. The van der Waals surface area contributed by atoms with Crippen molar-refractivity contribution in [1.29, 1.82) is 0 Å². The highest BCUT2D eigenvalue weighted by Gasteiger charge is 2.47. The summed E-state index contributed by atoms with van der Waals surface area (Å²) in [4.78, 5) is 23.5. The molecule has 4 aliphatic rings. The van der Waals surface area contributed by atoms with Crippen LogP contribution in [0, 0.1) is 29.6 Å².